The summed E-state index contributed by atoms with van der Waals surface area (Å²) in [5.74, 6) is -0.241. The lowest BCUT2D eigenvalue weighted by atomic mass is 9.69. The molecule has 0 N–H and O–H groups in total. The molecule has 1 aliphatic heterocycles. The van der Waals surface area contributed by atoms with Crippen molar-refractivity contribution < 1.29 is 23.8 Å². The Bertz CT molecular complexity index is 1520. The summed E-state index contributed by atoms with van der Waals surface area (Å²) in [5.41, 5.74) is 5.10. The highest BCUT2D eigenvalue weighted by atomic mass is 16.5. The van der Waals surface area contributed by atoms with Crippen molar-refractivity contribution in [3.63, 3.8) is 0 Å². The molecule has 3 atom stereocenters. The van der Waals surface area contributed by atoms with Crippen LogP contribution in [-0.2, 0) is 20.9 Å². The lowest BCUT2D eigenvalue weighted by molar-refractivity contribution is -0.153. The number of benzene rings is 3. The first-order valence-corrected chi connectivity index (χ1v) is 15.4. The summed E-state index contributed by atoms with van der Waals surface area (Å²) >= 11 is 0. The fraction of sp³-hybridized carbons (Fsp3) is 0.378. The molecule has 43 heavy (non-hydrogen) atoms. The highest BCUT2D eigenvalue weighted by molar-refractivity contribution is 6.09. The number of methoxy groups -OCH3 is 1. The molecule has 0 saturated heterocycles. The third kappa shape index (κ3) is 6.29. The number of ketones is 1. The van der Waals surface area contributed by atoms with E-state index in [1.165, 1.54) is 6.42 Å². The maximum atomic E-state index is 14.0. The largest absolute Gasteiger partial charge is 0.493 e. The number of hydrogen-bond acceptors (Lipinski definition) is 6. The minimum Gasteiger partial charge on any atom is -0.493 e. The molecule has 1 heterocycles. The van der Waals surface area contributed by atoms with Crippen LogP contribution in [0.15, 0.2) is 95.1 Å². The molecule has 6 heteroatoms. The number of esters is 1. The summed E-state index contributed by atoms with van der Waals surface area (Å²) in [6, 6.07) is 25.8. The monoisotopic (exact) mass is 577 g/mol. The molecule has 1 saturated carbocycles. The zero-order valence-electron chi connectivity index (χ0n) is 25.0. The molecule has 0 radical (unpaired) electrons. The summed E-state index contributed by atoms with van der Waals surface area (Å²) in [4.78, 5) is 32.9. The van der Waals surface area contributed by atoms with Crippen molar-refractivity contribution in [1.29, 1.82) is 0 Å². The first kappa shape index (κ1) is 28.9. The minimum atomic E-state index is -0.682. The lowest BCUT2D eigenvalue weighted by Gasteiger charge is -2.37. The summed E-state index contributed by atoms with van der Waals surface area (Å²) in [7, 11) is 1.61. The summed E-state index contributed by atoms with van der Waals surface area (Å²) in [6.07, 6.45) is 6.01. The quantitative estimate of drug-likeness (QED) is 0.256. The van der Waals surface area contributed by atoms with Gasteiger partial charge in [-0.3, -0.25) is 14.6 Å². The first-order valence-electron chi connectivity index (χ1n) is 15.4. The van der Waals surface area contributed by atoms with Crippen molar-refractivity contribution in [3.8, 4) is 11.5 Å². The Labute approximate surface area is 253 Å². The van der Waals surface area contributed by atoms with E-state index in [1.54, 1.807) is 7.11 Å². The second kappa shape index (κ2) is 13.0. The number of carbonyl (C=O) groups is 2. The number of Topliss-reactive ketones (excluding diaryl/α,β-unsaturated/α-hetero) is 1. The van der Waals surface area contributed by atoms with Gasteiger partial charge < -0.3 is 14.2 Å². The van der Waals surface area contributed by atoms with Gasteiger partial charge in [-0.1, -0.05) is 73.2 Å². The van der Waals surface area contributed by atoms with Crippen LogP contribution in [0, 0.1) is 5.92 Å². The van der Waals surface area contributed by atoms with Crippen molar-refractivity contribution in [3.05, 3.63) is 107 Å². The van der Waals surface area contributed by atoms with Crippen molar-refractivity contribution >= 4 is 17.5 Å². The summed E-state index contributed by atoms with van der Waals surface area (Å²) in [6.45, 7) is 2.30. The van der Waals surface area contributed by atoms with Gasteiger partial charge in [-0.15, -0.1) is 0 Å². The smallest absolute Gasteiger partial charge is 0.315 e. The van der Waals surface area contributed by atoms with E-state index >= 15 is 0 Å². The highest BCUT2D eigenvalue weighted by Crippen LogP contribution is 2.48. The number of hydrogen-bond donors (Lipinski definition) is 0. The molecule has 1 unspecified atom stereocenters. The van der Waals surface area contributed by atoms with Crippen LogP contribution in [0.5, 0.6) is 11.5 Å². The fourth-order valence-electron chi connectivity index (χ4n) is 6.84. The van der Waals surface area contributed by atoms with Gasteiger partial charge in [0.15, 0.2) is 17.3 Å². The predicted octanol–water partition coefficient (Wildman–Crippen LogP) is 7.73. The highest BCUT2D eigenvalue weighted by Gasteiger charge is 2.45. The van der Waals surface area contributed by atoms with Gasteiger partial charge in [0.1, 0.15) is 18.6 Å². The molecule has 0 spiro atoms. The minimum absolute atomic E-state index is 0.0372. The van der Waals surface area contributed by atoms with Crippen LogP contribution < -0.4 is 9.47 Å². The average Bonchev–Trinajstić information content (AvgIpc) is 3.04. The standard InChI is InChI=1S/C37H39NO5/c1-24-34(37(40)43-29-16-10-5-11-17-29)35(36-30(38-24)20-28(21-31(36)39)26-14-8-4-9-15-26)27-18-19-32(33(22-27)41-2)42-23-25-12-6-3-7-13-25/h3-4,6-9,12-15,18-19,22,28-29,34-35H,5,10-11,16-17,20-21,23H2,1-2H3/t28-,34?,35-/m0/s1. The van der Waals surface area contributed by atoms with Gasteiger partial charge in [0.25, 0.3) is 0 Å². The van der Waals surface area contributed by atoms with Crippen molar-refractivity contribution in [2.45, 2.75) is 76.4 Å². The second-order valence-electron chi connectivity index (χ2n) is 11.9. The van der Waals surface area contributed by atoms with Gasteiger partial charge >= 0.3 is 5.97 Å². The topological polar surface area (TPSA) is 74.2 Å². The van der Waals surface area contributed by atoms with Crippen LogP contribution in [0.4, 0.5) is 0 Å². The van der Waals surface area contributed by atoms with E-state index in [0.29, 0.717) is 42.2 Å². The first-order chi connectivity index (χ1) is 21.0. The van der Waals surface area contributed by atoms with Gasteiger partial charge in [0, 0.05) is 29.3 Å². The Morgan fingerprint density at radius 3 is 2.30 bits per heavy atom. The van der Waals surface area contributed by atoms with E-state index in [9.17, 15) is 9.59 Å². The molecule has 0 bridgehead atoms. The van der Waals surface area contributed by atoms with E-state index in [0.717, 1.165) is 48.1 Å². The maximum Gasteiger partial charge on any atom is 0.315 e. The van der Waals surface area contributed by atoms with Gasteiger partial charge in [-0.2, -0.15) is 0 Å². The number of nitrogens with zero attached hydrogens (tertiary/aromatic N) is 1. The third-order valence-electron chi connectivity index (χ3n) is 9.03. The van der Waals surface area contributed by atoms with Crippen LogP contribution in [0.25, 0.3) is 0 Å². The zero-order chi connectivity index (χ0) is 29.8. The molecule has 6 nitrogen and oxygen atoms in total. The second-order valence-corrected chi connectivity index (χ2v) is 11.9. The Morgan fingerprint density at radius 2 is 1.58 bits per heavy atom. The number of allylic oxidation sites excluding steroid dienone is 2. The number of carbonyl (C=O) groups excluding carboxylic acids is 2. The molecule has 6 rings (SSSR count). The Balaban J connectivity index is 1.36. The molecule has 0 aromatic heterocycles. The summed E-state index contributed by atoms with van der Waals surface area (Å²) < 4.78 is 18.0. The molecule has 0 amide bonds. The van der Waals surface area contributed by atoms with E-state index in [-0.39, 0.29) is 23.8 Å². The van der Waals surface area contributed by atoms with Crippen LogP contribution in [0.2, 0.25) is 0 Å². The average molecular weight is 578 g/mol. The van der Waals surface area contributed by atoms with Crippen LogP contribution >= 0.6 is 0 Å². The number of ether oxygens (including phenoxy) is 3. The van der Waals surface area contributed by atoms with Crippen molar-refractivity contribution in [2.24, 2.45) is 10.9 Å². The normalized spacial score (nSPS) is 22.4. The molecular formula is C37H39NO5. The fourth-order valence-corrected chi connectivity index (χ4v) is 6.84. The van der Waals surface area contributed by atoms with Crippen LogP contribution in [0.3, 0.4) is 0 Å². The van der Waals surface area contributed by atoms with Gasteiger partial charge in [-0.25, -0.2) is 0 Å². The van der Waals surface area contributed by atoms with Gasteiger partial charge in [0.05, 0.1) is 7.11 Å². The van der Waals surface area contributed by atoms with Crippen molar-refractivity contribution in [1.82, 2.24) is 0 Å². The molecule has 2 aliphatic carbocycles. The number of rotatable bonds is 8. The molecule has 3 aromatic rings. The maximum absolute atomic E-state index is 14.0. The lowest BCUT2D eigenvalue weighted by Crippen LogP contribution is -2.39. The zero-order valence-corrected chi connectivity index (χ0v) is 25.0. The Kier molecular flexibility index (Phi) is 8.73. The molecular weight excluding hydrogens is 538 g/mol. The van der Waals surface area contributed by atoms with Crippen molar-refractivity contribution in [2.75, 3.05) is 7.11 Å². The van der Waals surface area contributed by atoms with Gasteiger partial charge in [-0.05, 0) is 73.8 Å². The van der Waals surface area contributed by atoms with E-state index < -0.39 is 11.8 Å². The van der Waals surface area contributed by atoms with E-state index in [2.05, 4.69) is 12.1 Å². The third-order valence-corrected chi connectivity index (χ3v) is 9.03. The number of aliphatic imine (C=N–C) groups is 1. The summed E-state index contributed by atoms with van der Waals surface area (Å²) in [5, 5.41) is 0. The molecule has 3 aliphatic rings. The predicted molar refractivity (Wildman–Crippen MR) is 167 cm³/mol. The molecule has 3 aromatic carbocycles. The molecule has 1 fully saturated rings. The van der Waals surface area contributed by atoms with Crippen LogP contribution in [0.1, 0.15) is 80.4 Å². The Hall–Kier alpha value is -4.19. The SMILES string of the molecule is COc1cc([C@@H]2C3=C(C[C@H](c4ccccc4)CC3=O)N=C(C)C2C(=O)OC2CCCCC2)ccc1OCc1ccccc1. The van der Waals surface area contributed by atoms with Gasteiger partial charge in [0.2, 0.25) is 0 Å². The van der Waals surface area contributed by atoms with E-state index in [1.807, 2.05) is 73.7 Å². The van der Waals surface area contributed by atoms with E-state index in [4.69, 9.17) is 19.2 Å². The van der Waals surface area contributed by atoms with Crippen LogP contribution in [-0.4, -0.2) is 30.7 Å². The molecule has 222 valence electrons. The Morgan fingerprint density at radius 1 is 0.860 bits per heavy atom.